The largest absolute Gasteiger partial charge is 0.334 e. The van der Waals surface area contributed by atoms with Gasteiger partial charge in [-0.05, 0) is 36.6 Å². The van der Waals surface area contributed by atoms with E-state index in [0.717, 1.165) is 34.1 Å². The van der Waals surface area contributed by atoms with Crippen molar-refractivity contribution in [2.45, 2.75) is 26.8 Å². The molecule has 3 rings (SSSR count). The van der Waals surface area contributed by atoms with E-state index >= 15 is 0 Å². The number of nitrogens with zero attached hydrogens (tertiary/aromatic N) is 1. The number of aromatic nitrogens is 1. The molecule has 4 heteroatoms. The summed E-state index contributed by atoms with van der Waals surface area (Å²) in [7, 11) is 0. The fraction of sp³-hybridized carbons (Fsp3) is 0.200. The number of urea groups is 1. The number of pyridine rings is 1. The Labute approximate surface area is 141 Å². The number of aryl methyl sites for hydroxylation is 2. The highest BCUT2D eigenvalue weighted by Crippen LogP contribution is 2.23. The molecule has 2 N–H and O–H groups in total. The number of anilines is 1. The van der Waals surface area contributed by atoms with Crippen molar-refractivity contribution in [2.24, 2.45) is 0 Å². The minimum absolute atomic E-state index is 0.212. The summed E-state index contributed by atoms with van der Waals surface area (Å²) in [5.74, 6) is 0. The maximum absolute atomic E-state index is 12.2. The standard InChI is InChI=1S/C20H21N3O/c1-3-15-7-9-16(10-8-15)12-22-20(24)23-19-6-4-5-17-13-21-14(2)11-18(17)19/h4-11,13H,3,12H2,1-2H3,(H2,22,23,24). The average molecular weight is 319 g/mol. The lowest BCUT2D eigenvalue weighted by Gasteiger charge is -2.11. The van der Waals surface area contributed by atoms with Crippen molar-refractivity contribution in [3.05, 3.63) is 71.5 Å². The molecule has 0 aliphatic carbocycles. The second kappa shape index (κ2) is 7.13. The summed E-state index contributed by atoms with van der Waals surface area (Å²) in [4.78, 5) is 16.5. The number of fused-ring (bicyclic) bond motifs is 1. The zero-order chi connectivity index (χ0) is 16.9. The summed E-state index contributed by atoms with van der Waals surface area (Å²) in [5.41, 5.74) is 4.09. The lowest BCUT2D eigenvalue weighted by atomic mass is 10.1. The SMILES string of the molecule is CCc1ccc(CNC(=O)Nc2cccc3cnc(C)cc23)cc1. The van der Waals surface area contributed by atoms with E-state index in [1.807, 2.05) is 49.5 Å². The quantitative estimate of drug-likeness (QED) is 0.747. The first-order valence-corrected chi connectivity index (χ1v) is 8.14. The highest BCUT2D eigenvalue weighted by atomic mass is 16.2. The van der Waals surface area contributed by atoms with E-state index < -0.39 is 0 Å². The van der Waals surface area contributed by atoms with E-state index in [1.54, 1.807) is 0 Å². The van der Waals surface area contributed by atoms with Gasteiger partial charge in [-0.2, -0.15) is 0 Å². The third kappa shape index (κ3) is 3.71. The van der Waals surface area contributed by atoms with Crippen LogP contribution in [0.25, 0.3) is 10.8 Å². The summed E-state index contributed by atoms with van der Waals surface area (Å²) in [6.07, 6.45) is 2.84. The monoisotopic (exact) mass is 319 g/mol. The smallest absolute Gasteiger partial charge is 0.319 e. The molecule has 122 valence electrons. The molecule has 0 aliphatic rings. The van der Waals surface area contributed by atoms with Crippen LogP contribution < -0.4 is 10.6 Å². The van der Waals surface area contributed by atoms with Crippen LogP contribution >= 0.6 is 0 Å². The van der Waals surface area contributed by atoms with Crippen LogP contribution in [0.15, 0.2) is 54.7 Å². The zero-order valence-corrected chi connectivity index (χ0v) is 14.0. The highest BCUT2D eigenvalue weighted by Gasteiger charge is 2.06. The van der Waals surface area contributed by atoms with Gasteiger partial charge in [0.15, 0.2) is 0 Å². The van der Waals surface area contributed by atoms with E-state index in [9.17, 15) is 4.79 Å². The fourth-order valence-electron chi connectivity index (χ4n) is 2.62. The zero-order valence-electron chi connectivity index (χ0n) is 14.0. The number of nitrogens with one attached hydrogen (secondary N) is 2. The molecule has 0 atom stereocenters. The van der Waals surface area contributed by atoms with E-state index in [1.165, 1.54) is 5.56 Å². The number of benzene rings is 2. The fourth-order valence-corrected chi connectivity index (χ4v) is 2.62. The van der Waals surface area contributed by atoms with Gasteiger partial charge in [-0.3, -0.25) is 4.98 Å². The van der Waals surface area contributed by atoms with Crippen LogP contribution in [0.5, 0.6) is 0 Å². The molecule has 4 nitrogen and oxygen atoms in total. The molecule has 2 amide bonds. The first kappa shape index (κ1) is 16.0. The van der Waals surface area contributed by atoms with Gasteiger partial charge in [0.05, 0.1) is 5.69 Å². The molecule has 3 aromatic rings. The van der Waals surface area contributed by atoms with Crippen molar-refractivity contribution < 1.29 is 4.79 Å². The van der Waals surface area contributed by atoms with Gasteiger partial charge < -0.3 is 10.6 Å². The molecule has 2 aromatic carbocycles. The van der Waals surface area contributed by atoms with Crippen LogP contribution in [-0.4, -0.2) is 11.0 Å². The molecular weight excluding hydrogens is 298 g/mol. The Morgan fingerprint density at radius 3 is 2.58 bits per heavy atom. The van der Waals surface area contributed by atoms with Crippen LogP contribution in [0.2, 0.25) is 0 Å². The van der Waals surface area contributed by atoms with Gasteiger partial charge in [-0.15, -0.1) is 0 Å². The topological polar surface area (TPSA) is 54.0 Å². The van der Waals surface area contributed by atoms with E-state index in [0.29, 0.717) is 6.54 Å². The minimum atomic E-state index is -0.212. The molecule has 24 heavy (non-hydrogen) atoms. The Balaban J connectivity index is 1.67. The Morgan fingerprint density at radius 1 is 1.08 bits per heavy atom. The summed E-state index contributed by atoms with van der Waals surface area (Å²) in [6, 6.07) is 15.9. The molecule has 0 aliphatic heterocycles. The number of amides is 2. The van der Waals surface area contributed by atoms with Crippen LogP contribution in [0.3, 0.4) is 0 Å². The average Bonchev–Trinajstić information content (AvgIpc) is 2.61. The van der Waals surface area contributed by atoms with E-state index in [2.05, 4.69) is 34.7 Å². The van der Waals surface area contributed by atoms with Crippen molar-refractivity contribution in [3.63, 3.8) is 0 Å². The minimum Gasteiger partial charge on any atom is -0.334 e. The predicted octanol–water partition coefficient (Wildman–Crippen LogP) is 4.43. The summed E-state index contributed by atoms with van der Waals surface area (Å²) in [6.45, 7) is 4.57. The van der Waals surface area contributed by atoms with Crippen molar-refractivity contribution in [3.8, 4) is 0 Å². The predicted molar refractivity (Wildman–Crippen MR) is 98.2 cm³/mol. The van der Waals surface area contributed by atoms with E-state index in [-0.39, 0.29) is 6.03 Å². The van der Waals surface area contributed by atoms with Crippen molar-refractivity contribution in [2.75, 3.05) is 5.32 Å². The Hall–Kier alpha value is -2.88. The Morgan fingerprint density at radius 2 is 1.83 bits per heavy atom. The normalized spacial score (nSPS) is 10.6. The van der Waals surface area contributed by atoms with Crippen LogP contribution in [-0.2, 0) is 13.0 Å². The van der Waals surface area contributed by atoms with Gasteiger partial charge in [0.25, 0.3) is 0 Å². The summed E-state index contributed by atoms with van der Waals surface area (Å²) >= 11 is 0. The van der Waals surface area contributed by atoms with Crippen LogP contribution in [0.4, 0.5) is 10.5 Å². The Kier molecular flexibility index (Phi) is 4.75. The third-order valence-electron chi connectivity index (χ3n) is 4.03. The molecule has 1 aromatic heterocycles. The lowest BCUT2D eigenvalue weighted by molar-refractivity contribution is 0.252. The number of carbonyl (C=O) groups excluding carboxylic acids is 1. The molecule has 0 fully saturated rings. The highest BCUT2D eigenvalue weighted by molar-refractivity contribution is 6.01. The second-order valence-electron chi connectivity index (χ2n) is 5.83. The molecule has 0 bridgehead atoms. The second-order valence-corrected chi connectivity index (χ2v) is 5.83. The Bertz CT molecular complexity index is 856. The maximum Gasteiger partial charge on any atom is 0.319 e. The molecule has 0 saturated carbocycles. The van der Waals surface area contributed by atoms with Crippen molar-refractivity contribution in [1.29, 1.82) is 0 Å². The van der Waals surface area contributed by atoms with Gasteiger partial charge in [-0.1, -0.05) is 43.3 Å². The maximum atomic E-state index is 12.2. The van der Waals surface area contributed by atoms with E-state index in [4.69, 9.17) is 0 Å². The van der Waals surface area contributed by atoms with Crippen molar-refractivity contribution >= 4 is 22.5 Å². The van der Waals surface area contributed by atoms with Gasteiger partial charge >= 0.3 is 6.03 Å². The molecule has 0 saturated heterocycles. The van der Waals surface area contributed by atoms with Crippen molar-refractivity contribution in [1.82, 2.24) is 10.3 Å². The van der Waals surface area contributed by atoms with Crippen LogP contribution in [0, 0.1) is 6.92 Å². The summed E-state index contributed by atoms with van der Waals surface area (Å²) in [5, 5.41) is 7.83. The molecular formula is C20H21N3O. The molecule has 0 radical (unpaired) electrons. The number of carbonyl (C=O) groups is 1. The number of rotatable bonds is 4. The van der Waals surface area contributed by atoms with Gasteiger partial charge in [0, 0.05) is 29.2 Å². The first-order chi connectivity index (χ1) is 11.7. The summed E-state index contributed by atoms with van der Waals surface area (Å²) < 4.78 is 0. The first-order valence-electron chi connectivity index (χ1n) is 8.14. The molecule has 0 spiro atoms. The molecule has 0 unspecified atom stereocenters. The van der Waals surface area contributed by atoms with Gasteiger partial charge in [0.1, 0.15) is 0 Å². The number of hydrogen-bond acceptors (Lipinski definition) is 2. The lowest BCUT2D eigenvalue weighted by Crippen LogP contribution is -2.28. The third-order valence-corrected chi connectivity index (χ3v) is 4.03. The van der Waals surface area contributed by atoms with Crippen LogP contribution in [0.1, 0.15) is 23.7 Å². The molecule has 1 heterocycles. The van der Waals surface area contributed by atoms with Gasteiger partial charge in [0.2, 0.25) is 0 Å². The van der Waals surface area contributed by atoms with Gasteiger partial charge in [-0.25, -0.2) is 4.79 Å². The number of hydrogen-bond donors (Lipinski definition) is 2.